The highest BCUT2D eigenvalue weighted by atomic mass is 16.2. The molecule has 2 heterocycles. The Morgan fingerprint density at radius 1 is 0.886 bits per heavy atom. The van der Waals surface area contributed by atoms with Crippen LogP contribution in [0.1, 0.15) is 42.7 Å². The van der Waals surface area contributed by atoms with Crippen LogP contribution in [0.4, 0.5) is 0 Å². The number of carbonyl (C=O) groups is 2. The first-order chi connectivity index (χ1) is 17.0. The van der Waals surface area contributed by atoms with Crippen molar-refractivity contribution in [2.75, 3.05) is 26.2 Å². The van der Waals surface area contributed by atoms with E-state index in [9.17, 15) is 14.4 Å². The van der Waals surface area contributed by atoms with Crippen LogP contribution in [0.3, 0.4) is 0 Å². The van der Waals surface area contributed by atoms with E-state index in [-0.39, 0.29) is 29.8 Å². The lowest BCUT2D eigenvalue weighted by Crippen LogP contribution is -2.40. The minimum Gasteiger partial charge on any atom is -0.356 e. The molecule has 2 aromatic carbocycles. The summed E-state index contributed by atoms with van der Waals surface area (Å²) in [5.41, 5.74) is 2.68. The van der Waals surface area contributed by atoms with Crippen LogP contribution in [0.25, 0.3) is 10.9 Å². The number of para-hydroxylation sites is 1. The quantitative estimate of drug-likeness (QED) is 0.612. The number of hydrogen-bond donors (Lipinski definition) is 2. The lowest BCUT2D eigenvalue weighted by Gasteiger charge is -2.24. The molecular weight excluding hydrogens is 440 g/mol. The summed E-state index contributed by atoms with van der Waals surface area (Å²) in [6.45, 7) is 2.29. The average molecular weight is 475 g/mol. The Bertz CT molecular complexity index is 1220. The maximum Gasteiger partial charge on any atom is 0.255 e. The van der Waals surface area contributed by atoms with Crippen molar-refractivity contribution >= 4 is 22.7 Å². The Hall–Kier alpha value is -3.45. The van der Waals surface area contributed by atoms with Crippen LogP contribution in [0.2, 0.25) is 0 Å². The van der Waals surface area contributed by atoms with Crippen LogP contribution in [0, 0.1) is 0 Å². The van der Waals surface area contributed by atoms with Gasteiger partial charge in [-0.25, -0.2) is 0 Å². The number of rotatable bonds is 3. The summed E-state index contributed by atoms with van der Waals surface area (Å²) >= 11 is 0. The number of carbonyl (C=O) groups excluding carboxylic acids is 2. The number of nitrogens with one attached hydrogen (secondary N) is 2. The Morgan fingerprint density at radius 2 is 1.63 bits per heavy atom. The van der Waals surface area contributed by atoms with Crippen LogP contribution >= 0.6 is 0 Å². The zero-order valence-corrected chi connectivity index (χ0v) is 20.3. The van der Waals surface area contributed by atoms with Crippen molar-refractivity contribution in [1.82, 2.24) is 20.1 Å². The minimum absolute atomic E-state index is 0.0458. The standard InChI is InChI=1S/C28H34N4O3/c1-31-25-11-6-5-10-23(25)18-24(28(31)35)19-32-17-7-15-29-26(33)13-12-22(14-16-30-27(34)20-32)21-8-3-2-4-9-21/h2-6,8-11,18,22H,7,12-17,19-20H2,1H3,(H,29,33)(H,30,34). The third kappa shape index (κ3) is 6.57. The molecule has 1 aliphatic rings. The second-order valence-electron chi connectivity index (χ2n) is 9.29. The fraction of sp³-hybridized carbons (Fsp3) is 0.393. The average Bonchev–Trinajstić information content (AvgIpc) is 2.87. The first kappa shape index (κ1) is 24.7. The fourth-order valence-electron chi connectivity index (χ4n) is 4.83. The van der Waals surface area contributed by atoms with Gasteiger partial charge in [0.2, 0.25) is 11.8 Å². The van der Waals surface area contributed by atoms with Crippen molar-refractivity contribution in [2.24, 2.45) is 7.05 Å². The number of benzene rings is 2. The molecule has 0 radical (unpaired) electrons. The lowest BCUT2D eigenvalue weighted by molar-refractivity contribution is -0.123. The van der Waals surface area contributed by atoms with E-state index in [0.717, 1.165) is 23.7 Å². The summed E-state index contributed by atoms with van der Waals surface area (Å²) in [5, 5.41) is 7.07. The number of amides is 2. The Morgan fingerprint density at radius 3 is 2.46 bits per heavy atom. The maximum atomic E-state index is 13.0. The van der Waals surface area contributed by atoms with Gasteiger partial charge in [-0.2, -0.15) is 0 Å². The minimum atomic E-state index is -0.0532. The van der Waals surface area contributed by atoms with E-state index >= 15 is 0 Å². The largest absolute Gasteiger partial charge is 0.356 e. The maximum absolute atomic E-state index is 13.0. The fourth-order valence-corrected chi connectivity index (χ4v) is 4.83. The van der Waals surface area contributed by atoms with Gasteiger partial charge in [-0.05, 0) is 48.3 Å². The van der Waals surface area contributed by atoms with Gasteiger partial charge in [-0.1, -0.05) is 48.5 Å². The molecule has 35 heavy (non-hydrogen) atoms. The summed E-state index contributed by atoms with van der Waals surface area (Å²) < 4.78 is 1.67. The molecule has 0 bridgehead atoms. The molecule has 2 N–H and O–H groups in total. The van der Waals surface area contributed by atoms with E-state index in [1.807, 2.05) is 53.4 Å². The van der Waals surface area contributed by atoms with E-state index < -0.39 is 0 Å². The molecule has 184 valence electrons. The van der Waals surface area contributed by atoms with Crippen molar-refractivity contribution in [1.29, 1.82) is 0 Å². The van der Waals surface area contributed by atoms with Gasteiger partial charge < -0.3 is 15.2 Å². The molecule has 1 atom stereocenters. The SMILES string of the molecule is Cn1c(=O)c(CN2CCCNC(=O)CCC(c3ccccc3)CCNC(=O)C2)cc2ccccc21. The van der Waals surface area contributed by atoms with Gasteiger partial charge in [-0.15, -0.1) is 0 Å². The van der Waals surface area contributed by atoms with Crippen molar-refractivity contribution in [3.8, 4) is 0 Å². The molecule has 3 aromatic rings. The van der Waals surface area contributed by atoms with Crippen LogP contribution in [-0.2, 0) is 23.2 Å². The molecule has 1 saturated heterocycles. The van der Waals surface area contributed by atoms with Gasteiger partial charge in [0, 0.05) is 45.2 Å². The van der Waals surface area contributed by atoms with Crippen LogP contribution in [0.15, 0.2) is 65.5 Å². The second kappa shape index (κ2) is 11.8. The second-order valence-corrected chi connectivity index (χ2v) is 9.29. The van der Waals surface area contributed by atoms with Crippen molar-refractivity contribution < 1.29 is 9.59 Å². The zero-order chi connectivity index (χ0) is 24.6. The topological polar surface area (TPSA) is 83.4 Å². The first-order valence-corrected chi connectivity index (χ1v) is 12.4. The van der Waals surface area contributed by atoms with Crippen molar-refractivity contribution in [2.45, 2.75) is 38.1 Å². The molecule has 0 aliphatic carbocycles. The Balaban J connectivity index is 1.48. The molecule has 1 fully saturated rings. The number of aromatic nitrogens is 1. The Kier molecular flexibility index (Phi) is 8.32. The summed E-state index contributed by atoms with van der Waals surface area (Å²) in [7, 11) is 1.78. The molecule has 1 unspecified atom stereocenters. The molecule has 7 nitrogen and oxygen atoms in total. The molecule has 1 aliphatic heterocycles. The summed E-state index contributed by atoms with van der Waals surface area (Å²) in [6.07, 6.45) is 2.69. The van der Waals surface area contributed by atoms with Crippen LogP contribution in [0.5, 0.6) is 0 Å². The Labute approximate surface area is 206 Å². The van der Waals surface area contributed by atoms with Gasteiger partial charge in [0.25, 0.3) is 5.56 Å². The third-order valence-corrected chi connectivity index (χ3v) is 6.75. The molecule has 4 rings (SSSR count). The van der Waals surface area contributed by atoms with Crippen molar-refractivity contribution in [3.05, 3.63) is 82.1 Å². The highest BCUT2D eigenvalue weighted by Crippen LogP contribution is 2.24. The number of hydrogen-bond acceptors (Lipinski definition) is 4. The first-order valence-electron chi connectivity index (χ1n) is 12.4. The van der Waals surface area contributed by atoms with Crippen LogP contribution < -0.4 is 16.2 Å². The van der Waals surface area contributed by atoms with E-state index in [1.165, 1.54) is 5.56 Å². The van der Waals surface area contributed by atoms with Crippen LogP contribution in [-0.4, -0.2) is 47.5 Å². The van der Waals surface area contributed by atoms with Gasteiger partial charge in [0.05, 0.1) is 12.1 Å². The highest BCUT2D eigenvalue weighted by Gasteiger charge is 2.18. The normalized spacial score (nSPS) is 19.1. The van der Waals surface area contributed by atoms with E-state index in [1.54, 1.807) is 11.6 Å². The number of fused-ring (bicyclic) bond motifs is 1. The third-order valence-electron chi connectivity index (χ3n) is 6.75. The molecule has 2 amide bonds. The molecule has 1 aromatic heterocycles. The van der Waals surface area contributed by atoms with Gasteiger partial charge in [-0.3, -0.25) is 19.3 Å². The summed E-state index contributed by atoms with van der Waals surface area (Å²) in [6, 6.07) is 19.9. The highest BCUT2D eigenvalue weighted by molar-refractivity contribution is 5.80. The number of nitrogens with zero attached hydrogens (tertiary/aromatic N) is 2. The molecular formula is C28H34N4O3. The van der Waals surface area contributed by atoms with Crippen molar-refractivity contribution in [3.63, 3.8) is 0 Å². The number of pyridine rings is 1. The summed E-state index contributed by atoms with van der Waals surface area (Å²) in [5.74, 6) is 0.222. The van der Waals surface area contributed by atoms with E-state index in [0.29, 0.717) is 44.6 Å². The predicted molar refractivity (Wildman–Crippen MR) is 138 cm³/mol. The van der Waals surface area contributed by atoms with Gasteiger partial charge in [0.15, 0.2) is 0 Å². The molecule has 0 spiro atoms. The van der Waals surface area contributed by atoms with Gasteiger partial charge in [0.1, 0.15) is 0 Å². The predicted octanol–water partition coefficient (Wildman–Crippen LogP) is 2.93. The number of aryl methyl sites for hydroxylation is 1. The lowest BCUT2D eigenvalue weighted by atomic mass is 9.91. The zero-order valence-electron chi connectivity index (χ0n) is 20.3. The van der Waals surface area contributed by atoms with E-state index in [4.69, 9.17) is 0 Å². The smallest absolute Gasteiger partial charge is 0.255 e. The monoisotopic (exact) mass is 474 g/mol. The molecule has 0 saturated carbocycles. The van der Waals surface area contributed by atoms with Gasteiger partial charge >= 0.3 is 0 Å². The summed E-state index contributed by atoms with van der Waals surface area (Å²) in [4.78, 5) is 40.2. The van der Waals surface area contributed by atoms with E-state index in [2.05, 4.69) is 22.8 Å². The molecule has 7 heteroatoms.